The van der Waals surface area contributed by atoms with Gasteiger partial charge in [-0.3, -0.25) is 0 Å². The van der Waals surface area contributed by atoms with Gasteiger partial charge in [-0.1, -0.05) is 37.4 Å². The Morgan fingerprint density at radius 2 is 1.90 bits per heavy atom. The van der Waals surface area contributed by atoms with E-state index in [9.17, 15) is 0 Å². The summed E-state index contributed by atoms with van der Waals surface area (Å²) in [6, 6.07) is 11.8. The number of rotatable bonds is 6. The van der Waals surface area contributed by atoms with Crippen LogP contribution < -0.4 is 10.6 Å². The van der Waals surface area contributed by atoms with Crippen molar-refractivity contribution in [1.82, 2.24) is 9.97 Å². The minimum absolute atomic E-state index is 0.515. The molecule has 0 amide bonds. The number of para-hydroxylation sites is 1. The Labute approximate surface area is 125 Å². The van der Waals surface area contributed by atoms with Gasteiger partial charge in [0, 0.05) is 23.1 Å². The molecule has 4 heteroatoms. The minimum atomic E-state index is 0.515. The van der Waals surface area contributed by atoms with Crippen LogP contribution in [0.2, 0.25) is 0 Å². The Balaban J connectivity index is 2.23. The molecule has 1 heterocycles. The summed E-state index contributed by atoms with van der Waals surface area (Å²) in [5.74, 6) is 1.25. The first-order chi connectivity index (χ1) is 10.2. The van der Waals surface area contributed by atoms with Crippen molar-refractivity contribution in [2.45, 2.75) is 6.92 Å². The van der Waals surface area contributed by atoms with Crippen LogP contribution in [0.1, 0.15) is 5.69 Å². The standard InChI is InChI=1S/C17H18N4/c1-4-9-14(5-2)20-17-18-13(3)12-16(21-17)19-15-10-7-6-8-11-15/h4-12H,1-2H2,3H3,(H2,18,19,20,21)/b14-9+. The first-order valence-electron chi connectivity index (χ1n) is 6.61. The molecule has 21 heavy (non-hydrogen) atoms. The van der Waals surface area contributed by atoms with Crippen LogP contribution in [0.15, 0.2) is 73.5 Å². The zero-order valence-corrected chi connectivity index (χ0v) is 12.0. The Morgan fingerprint density at radius 1 is 1.14 bits per heavy atom. The maximum atomic E-state index is 4.44. The second-order valence-corrected chi connectivity index (χ2v) is 4.40. The molecule has 0 saturated heterocycles. The van der Waals surface area contributed by atoms with Gasteiger partial charge >= 0.3 is 0 Å². The van der Waals surface area contributed by atoms with Gasteiger partial charge in [-0.2, -0.15) is 4.98 Å². The summed E-state index contributed by atoms with van der Waals surface area (Å²) in [7, 11) is 0. The summed E-state index contributed by atoms with van der Waals surface area (Å²) >= 11 is 0. The average Bonchev–Trinajstić information content (AvgIpc) is 2.47. The van der Waals surface area contributed by atoms with Gasteiger partial charge < -0.3 is 10.6 Å². The van der Waals surface area contributed by atoms with Gasteiger partial charge in [-0.15, -0.1) is 0 Å². The fraction of sp³-hybridized carbons (Fsp3) is 0.0588. The lowest BCUT2D eigenvalue weighted by molar-refractivity contribution is 1.10. The van der Waals surface area contributed by atoms with E-state index < -0.39 is 0 Å². The fourth-order valence-electron chi connectivity index (χ4n) is 1.77. The summed E-state index contributed by atoms with van der Waals surface area (Å²) in [5.41, 5.74) is 2.64. The van der Waals surface area contributed by atoms with Gasteiger partial charge in [0.1, 0.15) is 5.82 Å². The van der Waals surface area contributed by atoms with Crippen molar-refractivity contribution in [3.8, 4) is 0 Å². The van der Waals surface area contributed by atoms with Crippen LogP contribution in [0, 0.1) is 6.92 Å². The number of nitrogens with one attached hydrogen (secondary N) is 2. The summed E-state index contributed by atoms with van der Waals surface area (Å²) in [5, 5.41) is 6.36. The summed E-state index contributed by atoms with van der Waals surface area (Å²) in [6.07, 6.45) is 5.18. The molecule has 0 aliphatic rings. The number of benzene rings is 1. The van der Waals surface area contributed by atoms with E-state index in [4.69, 9.17) is 0 Å². The SMILES string of the molecule is C=C/C=C(\C=C)Nc1nc(C)cc(Nc2ccccc2)n1. The third-order valence-corrected chi connectivity index (χ3v) is 2.67. The van der Waals surface area contributed by atoms with E-state index in [1.807, 2.05) is 49.4 Å². The molecule has 1 aromatic carbocycles. The molecule has 2 aromatic rings. The Morgan fingerprint density at radius 3 is 2.57 bits per heavy atom. The largest absolute Gasteiger partial charge is 0.340 e. The predicted octanol–water partition coefficient (Wildman–Crippen LogP) is 4.20. The normalized spacial score (nSPS) is 10.8. The highest BCUT2D eigenvalue weighted by molar-refractivity contribution is 5.58. The van der Waals surface area contributed by atoms with Crippen LogP contribution in [-0.4, -0.2) is 9.97 Å². The molecule has 0 aliphatic heterocycles. The maximum Gasteiger partial charge on any atom is 0.229 e. The van der Waals surface area contributed by atoms with Crippen molar-refractivity contribution >= 4 is 17.5 Å². The lowest BCUT2D eigenvalue weighted by atomic mass is 10.3. The summed E-state index contributed by atoms with van der Waals surface area (Å²) in [6.45, 7) is 9.33. The summed E-state index contributed by atoms with van der Waals surface area (Å²) in [4.78, 5) is 8.80. The lowest BCUT2D eigenvalue weighted by Crippen LogP contribution is -2.05. The quantitative estimate of drug-likeness (QED) is 0.778. The molecule has 0 aliphatic carbocycles. The Kier molecular flexibility index (Phi) is 4.88. The van der Waals surface area contributed by atoms with Crippen LogP contribution in [0.3, 0.4) is 0 Å². The third kappa shape index (κ3) is 4.31. The molecule has 2 rings (SSSR count). The predicted molar refractivity (Wildman–Crippen MR) is 88.6 cm³/mol. The zero-order chi connectivity index (χ0) is 15.1. The van der Waals surface area contributed by atoms with E-state index in [1.54, 1.807) is 12.2 Å². The van der Waals surface area contributed by atoms with Gasteiger partial charge in [-0.05, 0) is 31.2 Å². The Hall–Kier alpha value is -2.88. The Bertz CT molecular complexity index is 660. The smallest absolute Gasteiger partial charge is 0.229 e. The van der Waals surface area contributed by atoms with Crippen molar-refractivity contribution in [1.29, 1.82) is 0 Å². The van der Waals surface area contributed by atoms with Crippen molar-refractivity contribution in [2.24, 2.45) is 0 Å². The van der Waals surface area contributed by atoms with Gasteiger partial charge in [-0.25, -0.2) is 4.98 Å². The molecule has 106 valence electrons. The van der Waals surface area contributed by atoms with Crippen molar-refractivity contribution in [3.05, 3.63) is 79.2 Å². The van der Waals surface area contributed by atoms with E-state index in [0.29, 0.717) is 5.95 Å². The van der Waals surface area contributed by atoms with Gasteiger partial charge in [0.05, 0.1) is 0 Å². The second kappa shape index (κ2) is 7.05. The van der Waals surface area contributed by atoms with Crippen molar-refractivity contribution < 1.29 is 0 Å². The minimum Gasteiger partial charge on any atom is -0.340 e. The van der Waals surface area contributed by atoms with Crippen LogP contribution in [-0.2, 0) is 0 Å². The van der Waals surface area contributed by atoms with Crippen LogP contribution >= 0.6 is 0 Å². The lowest BCUT2D eigenvalue weighted by Gasteiger charge is -2.10. The maximum absolute atomic E-state index is 4.44. The van der Waals surface area contributed by atoms with Crippen LogP contribution in [0.4, 0.5) is 17.5 Å². The first-order valence-corrected chi connectivity index (χ1v) is 6.61. The highest BCUT2D eigenvalue weighted by Gasteiger charge is 2.03. The molecule has 4 nitrogen and oxygen atoms in total. The van der Waals surface area contributed by atoms with Crippen LogP contribution in [0.25, 0.3) is 0 Å². The fourth-order valence-corrected chi connectivity index (χ4v) is 1.77. The van der Waals surface area contributed by atoms with E-state index >= 15 is 0 Å². The van der Waals surface area contributed by atoms with Gasteiger partial charge in [0.15, 0.2) is 0 Å². The monoisotopic (exact) mass is 278 g/mol. The number of aryl methyl sites for hydroxylation is 1. The topological polar surface area (TPSA) is 49.8 Å². The number of aromatic nitrogens is 2. The molecule has 0 atom stereocenters. The summed E-state index contributed by atoms with van der Waals surface area (Å²) < 4.78 is 0. The zero-order valence-electron chi connectivity index (χ0n) is 12.0. The number of hydrogen-bond acceptors (Lipinski definition) is 4. The first kappa shape index (κ1) is 14.5. The van der Waals surface area contributed by atoms with E-state index in [2.05, 4.69) is 33.8 Å². The van der Waals surface area contributed by atoms with Gasteiger partial charge in [0.2, 0.25) is 5.95 Å². The molecular formula is C17H18N4. The molecule has 0 fully saturated rings. The molecule has 2 N–H and O–H groups in total. The molecule has 0 radical (unpaired) electrons. The highest BCUT2D eigenvalue weighted by atomic mass is 15.1. The van der Waals surface area contributed by atoms with Crippen molar-refractivity contribution in [3.63, 3.8) is 0 Å². The van der Waals surface area contributed by atoms with Gasteiger partial charge in [0.25, 0.3) is 0 Å². The van der Waals surface area contributed by atoms with Crippen molar-refractivity contribution in [2.75, 3.05) is 10.6 Å². The third-order valence-electron chi connectivity index (χ3n) is 2.67. The molecular weight excluding hydrogens is 260 g/mol. The second-order valence-electron chi connectivity index (χ2n) is 4.40. The van der Waals surface area contributed by atoms with E-state index in [0.717, 1.165) is 22.9 Å². The highest BCUT2D eigenvalue weighted by Crippen LogP contribution is 2.17. The number of anilines is 3. The van der Waals surface area contributed by atoms with Crippen LogP contribution in [0.5, 0.6) is 0 Å². The molecule has 0 unspecified atom stereocenters. The molecule has 1 aromatic heterocycles. The molecule has 0 saturated carbocycles. The van der Waals surface area contributed by atoms with E-state index in [-0.39, 0.29) is 0 Å². The number of allylic oxidation sites excluding steroid dienone is 3. The molecule has 0 bridgehead atoms. The van der Waals surface area contributed by atoms with E-state index in [1.165, 1.54) is 0 Å². The number of nitrogens with zero attached hydrogens (tertiary/aromatic N) is 2. The number of hydrogen-bond donors (Lipinski definition) is 2. The average molecular weight is 278 g/mol. The molecule has 0 spiro atoms.